The number of hydrogen-bond donors (Lipinski definition) is 0. The third-order valence-electron chi connectivity index (χ3n) is 1.70. The van der Waals surface area contributed by atoms with Crippen molar-refractivity contribution in [3.8, 4) is 5.75 Å². The lowest BCUT2D eigenvalue weighted by Gasteiger charge is -1.94. The third-order valence-corrected chi connectivity index (χ3v) is 3.72. The van der Waals surface area contributed by atoms with E-state index in [1.54, 1.807) is 35.2 Å². The van der Waals surface area contributed by atoms with Crippen LogP contribution >= 0.6 is 23.1 Å². The number of rotatable bonds is 3. The number of carbonyl (C=O) groups is 1. The van der Waals surface area contributed by atoms with Gasteiger partial charge in [0.1, 0.15) is 5.75 Å². The number of fused-ring (bicyclic) bond motifs is 1. The summed E-state index contributed by atoms with van der Waals surface area (Å²) in [7, 11) is 0. The summed E-state index contributed by atoms with van der Waals surface area (Å²) in [5, 5.41) is 0. The zero-order valence-corrected chi connectivity index (χ0v) is 9.02. The van der Waals surface area contributed by atoms with Gasteiger partial charge in [0.25, 0.3) is 6.47 Å². The first-order valence-corrected chi connectivity index (χ1v) is 5.92. The fourth-order valence-corrected chi connectivity index (χ4v) is 2.57. The number of thioether (sulfide) groups is 1. The van der Waals surface area contributed by atoms with Crippen molar-refractivity contribution >= 4 is 39.8 Å². The van der Waals surface area contributed by atoms with E-state index in [0.717, 1.165) is 14.6 Å². The average Bonchev–Trinajstić information content (AvgIpc) is 2.60. The quantitative estimate of drug-likeness (QED) is 0.594. The molecule has 0 spiro atoms. The second kappa shape index (κ2) is 3.98. The largest absolute Gasteiger partial charge is 0.429 e. The highest BCUT2D eigenvalue weighted by atomic mass is 32.2. The lowest BCUT2D eigenvalue weighted by atomic mass is 10.3. The van der Waals surface area contributed by atoms with Crippen molar-refractivity contribution in [2.45, 2.75) is 4.34 Å². The number of benzene rings is 1. The first-order chi connectivity index (χ1) is 6.83. The molecule has 1 aromatic heterocycles. The third kappa shape index (κ3) is 1.73. The maximum Gasteiger partial charge on any atom is 0.298 e. The molecule has 0 radical (unpaired) electrons. The van der Waals surface area contributed by atoms with Gasteiger partial charge in [-0.2, -0.15) is 0 Å². The van der Waals surface area contributed by atoms with E-state index in [4.69, 9.17) is 4.74 Å². The number of ether oxygens (including phenoxy) is 1. The lowest BCUT2D eigenvalue weighted by molar-refractivity contribution is -0.120. The van der Waals surface area contributed by atoms with Gasteiger partial charge in [0, 0.05) is 6.07 Å². The second-order valence-electron chi connectivity index (χ2n) is 2.53. The number of hydrogen-bond acceptors (Lipinski definition) is 5. The van der Waals surface area contributed by atoms with Crippen LogP contribution in [0.4, 0.5) is 0 Å². The molecular formula is C9H7NO2S2. The van der Waals surface area contributed by atoms with Crippen LogP contribution in [0.15, 0.2) is 22.5 Å². The molecule has 1 heterocycles. The fraction of sp³-hybridized carbons (Fsp3) is 0.111. The molecule has 5 heteroatoms. The van der Waals surface area contributed by atoms with Crippen molar-refractivity contribution in [3.05, 3.63) is 18.2 Å². The summed E-state index contributed by atoms with van der Waals surface area (Å²) in [6.45, 7) is 0.420. The summed E-state index contributed by atoms with van der Waals surface area (Å²) in [6.07, 6.45) is 1.99. The monoisotopic (exact) mass is 225 g/mol. The van der Waals surface area contributed by atoms with Crippen molar-refractivity contribution < 1.29 is 9.53 Å². The van der Waals surface area contributed by atoms with Gasteiger partial charge in [-0.3, -0.25) is 4.79 Å². The molecule has 0 atom stereocenters. The summed E-state index contributed by atoms with van der Waals surface area (Å²) in [6, 6.07) is 5.44. The predicted octanol–water partition coefficient (Wildman–Crippen LogP) is 2.55. The molecule has 3 nitrogen and oxygen atoms in total. The zero-order valence-electron chi connectivity index (χ0n) is 7.39. The number of carbonyl (C=O) groups excluding carboxylic acids is 1. The van der Waals surface area contributed by atoms with Crippen molar-refractivity contribution in [1.29, 1.82) is 0 Å². The molecular weight excluding hydrogens is 218 g/mol. The Morgan fingerprint density at radius 1 is 1.57 bits per heavy atom. The maximum atomic E-state index is 10.1. The van der Waals surface area contributed by atoms with E-state index in [-0.39, 0.29) is 0 Å². The molecule has 0 N–H and O–H groups in total. The van der Waals surface area contributed by atoms with E-state index in [0.29, 0.717) is 12.2 Å². The molecule has 0 saturated heterocycles. The topological polar surface area (TPSA) is 39.2 Å². The zero-order chi connectivity index (χ0) is 9.97. The molecule has 0 saturated carbocycles. The number of nitrogens with zero attached hydrogens (tertiary/aromatic N) is 1. The molecule has 2 aromatic rings. The minimum Gasteiger partial charge on any atom is -0.429 e. The van der Waals surface area contributed by atoms with E-state index in [9.17, 15) is 4.79 Å². The highest BCUT2D eigenvalue weighted by molar-refractivity contribution is 8.00. The maximum absolute atomic E-state index is 10.1. The highest BCUT2D eigenvalue weighted by Crippen LogP contribution is 2.30. The smallest absolute Gasteiger partial charge is 0.298 e. The van der Waals surface area contributed by atoms with E-state index in [1.165, 1.54) is 0 Å². The van der Waals surface area contributed by atoms with E-state index >= 15 is 0 Å². The molecule has 0 aliphatic rings. The lowest BCUT2D eigenvalue weighted by Crippen LogP contribution is -1.87. The van der Waals surface area contributed by atoms with Gasteiger partial charge < -0.3 is 4.74 Å². The van der Waals surface area contributed by atoms with Crippen molar-refractivity contribution in [3.63, 3.8) is 0 Å². The summed E-state index contributed by atoms with van der Waals surface area (Å²) in [5.74, 6) is 0.533. The predicted molar refractivity (Wildman–Crippen MR) is 58.1 cm³/mol. The first-order valence-electron chi connectivity index (χ1n) is 3.88. The van der Waals surface area contributed by atoms with Gasteiger partial charge in [-0.05, 0) is 18.4 Å². The van der Waals surface area contributed by atoms with Gasteiger partial charge >= 0.3 is 0 Å². The molecule has 0 unspecified atom stereocenters. The molecule has 1 aromatic carbocycles. The molecule has 0 bridgehead atoms. The summed E-state index contributed by atoms with van der Waals surface area (Å²) in [4.78, 5) is 14.5. The Morgan fingerprint density at radius 3 is 3.14 bits per heavy atom. The van der Waals surface area contributed by atoms with E-state index in [2.05, 4.69) is 4.98 Å². The van der Waals surface area contributed by atoms with Crippen LogP contribution in [-0.4, -0.2) is 17.7 Å². The first kappa shape index (κ1) is 9.48. The van der Waals surface area contributed by atoms with Gasteiger partial charge in [-0.25, -0.2) is 4.98 Å². The van der Waals surface area contributed by atoms with Crippen LogP contribution in [0, 0.1) is 0 Å². The van der Waals surface area contributed by atoms with Crippen molar-refractivity contribution in [2.24, 2.45) is 0 Å². The van der Waals surface area contributed by atoms with Gasteiger partial charge in [-0.1, -0.05) is 11.8 Å². The Hall–Kier alpha value is -1.07. The molecule has 0 aliphatic heterocycles. The summed E-state index contributed by atoms with van der Waals surface area (Å²) in [5.41, 5.74) is 0.874. The molecule has 2 rings (SSSR count). The van der Waals surface area contributed by atoms with Crippen molar-refractivity contribution in [2.75, 3.05) is 6.26 Å². The standard InChI is InChI=1S/C9H7NO2S2/c1-13-9-10-7-4-6(12-5-11)2-3-8(7)14-9/h2-5H,1H3. The van der Waals surface area contributed by atoms with Gasteiger partial charge in [0.2, 0.25) is 0 Å². The van der Waals surface area contributed by atoms with E-state index < -0.39 is 0 Å². The van der Waals surface area contributed by atoms with Crippen molar-refractivity contribution in [1.82, 2.24) is 4.98 Å². The minimum atomic E-state index is 0.420. The second-order valence-corrected chi connectivity index (χ2v) is 4.61. The molecule has 0 fully saturated rings. The van der Waals surface area contributed by atoms with Gasteiger partial charge in [0.15, 0.2) is 4.34 Å². The minimum absolute atomic E-state index is 0.420. The van der Waals surface area contributed by atoms with Crippen LogP contribution in [-0.2, 0) is 4.79 Å². The number of aromatic nitrogens is 1. The molecule has 0 aliphatic carbocycles. The Bertz CT molecular complexity index is 467. The molecule has 72 valence electrons. The van der Waals surface area contributed by atoms with Crippen LogP contribution in [0.2, 0.25) is 0 Å². The van der Waals surface area contributed by atoms with Crippen LogP contribution in [0.5, 0.6) is 5.75 Å². The molecule has 0 amide bonds. The Kier molecular flexibility index (Phi) is 2.69. The summed E-state index contributed by atoms with van der Waals surface area (Å²) < 4.78 is 6.86. The Morgan fingerprint density at radius 2 is 2.43 bits per heavy atom. The Labute approximate surface area is 89.1 Å². The average molecular weight is 225 g/mol. The highest BCUT2D eigenvalue weighted by Gasteiger charge is 2.03. The van der Waals surface area contributed by atoms with Crippen LogP contribution in [0.1, 0.15) is 0 Å². The fourth-order valence-electron chi connectivity index (χ4n) is 1.10. The Balaban J connectivity index is 2.48. The SMILES string of the molecule is CSc1nc2cc(OC=O)ccc2s1. The van der Waals surface area contributed by atoms with Gasteiger partial charge in [0.05, 0.1) is 10.2 Å². The molecule has 14 heavy (non-hydrogen) atoms. The van der Waals surface area contributed by atoms with Gasteiger partial charge in [-0.15, -0.1) is 11.3 Å². The van der Waals surface area contributed by atoms with E-state index in [1.807, 2.05) is 12.3 Å². The normalized spacial score (nSPS) is 10.4. The number of thiazole rings is 1. The van der Waals surface area contributed by atoms with Crippen LogP contribution in [0.25, 0.3) is 10.2 Å². The van der Waals surface area contributed by atoms with Crippen LogP contribution < -0.4 is 4.74 Å². The van der Waals surface area contributed by atoms with Crippen LogP contribution in [0.3, 0.4) is 0 Å². The summed E-state index contributed by atoms with van der Waals surface area (Å²) >= 11 is 3.24.